The van der Waals surface area contributed by atoms with Gasteiger partial charge in [-0.15, -0.1) is 0 Å². The number of carbonyl (C=O) groups excluding carboxylic acids is 1. The molecule has 0 bridgehead atoms. The van der Waals surface area contributed by atoms with Crippen molar-refractivity contribution in [1.29, 1.82) is 0 Å². The SMILES string of the molecule is CCNC(=O)COc1cccc([N+](=O)[O-])c1C(=O)O. The first-order valence-electron chi connectivity index (χ1n) is 5.37. The molecule has 19 heavy (non-hydrogen) atoms. The predicted molar refractivity (Wildman–Crippen MR) is 64.2 cm³/mol. The van der Waals surface area contributed by atoms with Gasteiger partial charge in [0.05, 0.1) is 4.92 Å². The molecule has 0 saturated heterocycles. The van der Waals surface area contributed by atoms with Crippen LogP contribution in [0.2, 0.25) is 0 Å². The van der Waals surface area contributed by atoms with Gasteiger partial charge in [-0.2, -0.15) is 0 Å². The summed E-state index contributed by atoms with van der Waals surface area (Å²) in [5.74, 6) is -2.14. The second kappa shape index (κ2) is 6.34. The van der Waals surface area contributed by atoms with E-state index in [1.54, 1.807) is 6.92 Å². The molecule has 0 aromatic heterocycles. The van der Waals surface area contributed by atoms with E-state index in [1.807, 2.05) is 0 Å². The maximum absolute atomic E-state index is 11.2. The monoisotopic (exact) mass is 268 g/mol. The van der Waals surface area contributed by atoms with Gasteiger partial charge in [0, 0.05) is 12.6 Å². The molecule has 0 spiro atoms. The molecule has 1 amide bonds. The zero-order chi connectivity index (χ0) is 14.4. The maximum atomic E-state index is 11.2. The summed E-state index contributed by atoms with van der Waals surface area (Å²) in [4.78, 5) is 32.1. The number of aromatic carboxylic acids is 1. The van der Waals surface area contributed by atoms with E-state index in [-0.39, 0.29) is 5.75 Å². The maximum Gasteiger partial charge on any atom is 0.346 e. The minimum absolute atomic E-state index is 0.215. The summed E-state index contributed by atoms with van der Waals surface area (Å²) in [6.07, 6.45) is 0. The molecular formula is C11H12N2O6. The van der Waals surface area contributed by atoms with Gasteiger partial charge in [0.25, 0.3) is 11.6 Å². The lowest BCUT2D eigenvalue weighted by Gasteiger charge is -2.08. The van der Waals surface area contributed by atoms with Crippen LogP contribution in [-0.4, -0.2) is 35.1 Å². The number of rotatable bonds is 6. The number of ether oxygens (including phenoxy) is 1. The van der Waals surface area contributed by atoms with Crippen LogP contribution in [0.4, 0.5) is 5.69 Å². The van der Waals surface area contributed by atoms with Crippen LogP contribution in [0.3, 0.4) is 0 Å². The standard InChI is InChI=1S/C11H12N2O6/c1-2-12-9(14)6-19-8-5-3-4-7(13(17)18)10(8)11(15)16/h3-5H,2,6H2,1H3,(H,12,14)(H,15,16). The third-order valence-corrected chi connectivity index (χ3v) is 2.15. The second-order valence-electron chi connectivity index (χ2n) is 3.45. The van der Waals surface area contributed by atoms with Gasteiger partial charge in [-0.1, -0.05) is 6.07 Å². The third-order valence-electron chi connectivity index (χ3n) is 2.15. The highest BCUT2D eigenvalue weighted by Crippen LogP contribution is 2.28. The van der Waals surface area contributed by atoms with Crippen molar-refractivity contribution in [3.63, 3.8) is 0 Å². The Kier molecular flexibility index (Phi) is 4.81. The predicted octanol–water partition coefficient (Wildman–Crippen LogP) is 0.808. The van der Waals surface area contributed by atoms with Crippen LogP contribution < -0.4 is 10.1 Å². The fraction of sp³-hybridized carbons (Fsp3) is 0.273. The summed E-state index contributed by atoms with van der Waals surface area (Å²) in [7, 11) is 0. The molecule has 8 heteroatoms. The third kappa shape index (κ3) is 3.66. The van der Waals surface area contributed by atoms with Crippen LogP contribution in [0, 0.1) is 10.1 Å². The highest BCUT2D eigenvalue weighted by Gasteiger charge is 2.24. The van der Waals surface area contributed by atoms with Crippen molar-refractivity contribution in [2.75, 3.05) is 13.2 Å². The molecule has 2 N–H and O–H groups in total. The summed E-state index contributed by atoms with van der Waals surface area (Å²) < 4.78 is 5.01. The molecule has 1 rings (SSSR count). The van der Waals surface area contributed by atoms with E-state index in [1.165, 1.54) is 12.1 Å². The number of amides is 1. The number of carboxylic acids is 1. The normalized spacial score (nSPS) is 9.74. The average molecular weight is 268 g/mol. The number of nitro groups is 1. The van der Waals surface area contributed by atoms with E-state index in [9.17, 15) is 19.7 Å². The Morgan fingerprint density at radius 3 is 2.68 bits per heavy atom. The Hall–Kier alpha value is -2.64. The Morgan fingerprint density at radius 2 is 2.16 bits per heavy atom. The molecule has 0 heterocycles. The lowest BCUT2D eigenvalue weighted by molar-refractivity contribution is -0.385. The van der Waals surface area contributed by atoms with Crippen molar-refractivity contribution in [2.45, 2.75) is 6.92 Å². The van der Waals surface area contributed by atoms with Gasteiger partial charge in [0.1, 0.15) is 5.75 Å². The van der Waals surface area contributed by atoms with Gasteiger partial charge >= 0.3 is 5.97 Å². The lowest BCUT2D eigenvalue weighted by atomic mass is 10.1. The van der Waals surface area contributed by atoms with Gasteiger partial charge in [-0.25, -0.2) is 4.79 Å². The first-order valence-corrected chi connectivity index (χ1v) is 5.37. The summed E-state index contributed by atoms with van der Waals surface area (Å²) in [5, 5.41) is 22.2. The van der Waals surface area contributed by atoms with Crippen molar-refractivity contribution in [2.24, 2.45) is 0 Å². The van der Waals surface area contributed by atoms with E-state index >= 15 is 0 Å². The minimum atomic E-state index is -1.49. The first kappa shape index (κ1) is 14.4. The van der Waals surface area contributed by atoms with Gasteiger partial charge in [0.2, 0.25) is 0 Å². The molecule has 1 aromatic rings. The van der Waals surface area contributed by atoms with Crippen LogP contribution in [0.15, 0.2) is 18.2 Å². The van der Waals surface area contributed by atoms with Crippen molar-refractivity contribution in [3.05, 3.63) is 33.9 Å². The molecule has 1 aromatic carbocycles. The van der Waals surface area contributed by atoms with Crippen LogP contribution in [0.1, 0.15) is 17.3 Å². The van der Waals surface area contributed by atoms with Crippen LogP contribution in [0.5, 0.6) is 5.75 Å². The number of hydrogen-bond donors (Lipinski definition) is 2. The van der Waals surface area contributed by atoms with Crippen LogP contribution in [-0.2, 0) is 4.79 Å². The van der Waals surface area contributed by atoms with Gasteiger partial charge in [-0.05, 0) is 13.0 Å². The highest BCUT2D eigenvalue weighted by atomic mass is 16.6. The highest BCUT2D eigenvalue weighted by molar-refractivity contribution is 5.95. The first-order chi connectivity index (χ1) is 8.97. The average Bonchev–Trinajstić information content (AvgIpc) is 2.35. The molecule has 0 unspecified atom stereocenters. The number of nitrogens with zero attached hydrogens (tertiary/aromatic N) is 1. The molecule has 0 radical (unpaired) electrons. The topological polar surface area (TPSA) is 119 Å². The Labute approximate surface area is 108 Å². The lowest BCUT2D eigenvalue weighted by Crippen LogP contribution is -2.28. The fourth-order valence-corrected chi connectivity index (χ4v) is 1.40. The number of nitrogens with one attached hydrogen (secondary N) is 1. The van der Waals surface area contributed by atoms with Crippen molar-refractivity contribution in [1.82, 2.24) is 5.32 Å². The van der Waals surface area contributed by atoms with Crippen molar-refractivity contribution >= 4 is 17.6 Å². The van der Waals surface area contributed by atoms with E-state index < -0.39 is 34.7 Å². The Bertz CT molecular complexity index is 514. The second-order valence-corrected chi connectivity index (χ2v) is 3.45. The van der Waals surface area contributed by atoms with E-state index in [2.05, 4.69) is 5.32 Å². The molecule has 0 aliphatic heterocycles. The molecule has 8 nitrogen and oxygen atoms in total. The molecule has 0 fully saturated rings. The summed E-state index contributed by atoms with van der Waals surface area (Å²) in [5.41, 5.74) is -1.15. The number of likely N-dealkylation sites (N-methyl/N-ethyl adjacent to an activating group) is 1. The van der Waals surface area contributed by atoms with Gasteiger partial charge in [0.15, 0.2) is 12.2 Å². The molecule has 0 aliphatic rings. The smallest absolute Gasteiger partial charge is 0.346 e. The van der Waals surface area contributed by atoms with E-state index in [0.717, 1.165) is 6.07 Å². The van der Waals surface area contributed by atoms with Crippen molar-refractivity contribution < 1.29 is 24.4 Å². The van der Waals surface area contributed by atoms with Crippen LogP contribution >= 0.6 is 0 Å². The zero-order valence-electron chi connectivity index (χ0n) is 10.1. The molecule has 0 atom stereocenters. The summed E-state index contributed by atoms with van der Waals surface area (Å²) in [6.45, 7) is 1.71. The summed E-state index contributed by atoms with van der Waals surface area (Å²) in [6, 6.07) is 3.61. The fourth-order valence-electron chi connectivity index (χ4n) is 1.40. The largest absolute Gasteiger partial charge is 0.483 e. The number of nitro benzene ring substituents is 1. The zero-order valence-corrected chi connectivity index (χ0v) is 10.1. The molecule has 102 valence electrons. The number of carbonyl (C=O) groups is 2. The number of benzene rings is 1. The Balaban J connectivity index is 3.00. The van der Waals surface area contributed by atoms with Gasteiger partial charge in [-0.3, -0.25) is 14.9 Å². The summed E-state index contributed by atoms with van der Waals surface area (Å²) >= 11 is 0. The molecule has 0 aliphatic carbocycles. The van der Waals surface area contributed by atoms with Gasteiger partial charge < -0.3 is 15.2 Å². The molecular weight excluding hydrogens is 256 g/mol. The van der Waals surface area contributed by atoms with E-state index in [4.69, 9.17) is 9.84 Å². The Morgan fingerprint density at radius 1 is 1.47 bits per heavy atom. The minimum Gasteiger partial charge on any atom is -0.483 e. The van der Waals surface area contributed by atoms with Crippen molar-refractivity contribution in [3.8, 4) is 5.75 Å². The molecule has 0 saturated carbocycles. The quantitative estimate of drug-likeness (QED) is 0.582. The van der Waals surface area contributed by atoms with E-state index in [0.29, 0.717) is 6.54 Å². The number of hydrogen-bond acceptors (Lipinski definition) is 5. The van der Waals surface area contributed by atoms with Crippen LogP contribution in [0.25, 0.3) is 0 Å². The number of carboxylic acid groups (broad SMARTS) is 1.